The van der Waals surface area contributed by atoms with Gasteiger partial charge in [0.1, 0.15) is 0 Å². The molecule has 106 valence electrons. The lowest BCUT2D eigenvalue weighted by Gasteiger charge is -2.40. The van der Waals surface area contributed by atoms with E-state index in [0.717, 1.165) is 19.4 Å². The van der Waals surface area contributed by atoms with Crippen LogP contribution >= 0.6 is 0 Å². The van der Waals surface area contributed by atoms with Crippen molar-refractivity contribution in [3.8, 4) is 0 Å². The van der Waals surface area contributed by atoms with E-state index < -0.39 is 0 Å². The summed E-state index contributed by atoms with van der Waals surface area (Å²) in [7, 11) is 2.03. The van der Waals surface area contributed by atoms with Crippen molar-refractivity contribution in [2.45, 2.75) is 58.0 Å². The molecule has 0 bridgehead atoms. The maximum atomic E-state index is 12.3. The van der Waals surface area contributed by atoms with Crippen LogP contribution in [0.25, 0.3) is 0 Å². The Labute approximate surface area is 111 Å². The molecule has 0 aromatic carbocycles. The summed E-state index contributed by atoms with van der Waals surface area (Å²) in [4.78, 5) is 16.5. The van der Waals surface area contributed by atoms with Gasteiger partial charge in [0.25, 0.3) is 0 Å². The molecule has 0 saturated heterocycles. The van der Waals surface area contributed by atoms with E-state index in [0.29, 0.717) is 19.1 Å². The average Bonchev–Trinajstić information content (AvgIpc) is 3.17. The molecule has 0 atom stereocenters. The van der Waals surface area contributed by atoms with Crippen LogP contribution < -0.4 is 5.73 Å². The molecular weight excluding hydrogens is 226 g/mol. The fourth-order valence-electron chi connectivity index (χ4n) is 2.72. The maximum absolute atomic E-state index is 12.3. The second kappa shape index (κ2) is 6.53. The molecule has 0 radical (unpaired) electrons. The lowest BCUT2D eigenvalue weighted by atomic mass is 9.91. The lowest BCUT2D eigenvalue weighted by molar-refractivity contribution is -0.134. The van der Waals surface area contributed by atoms with Gasteiger partial charge >= 0.3 is 0 Å². The first-order chi connectivity index (χ1) is 8.54. The molecule has 1 amide bonds. The Hall–Kier alpha value is -0.610. The SMILES string of the molecule is CCN(C(=O)CN(C)C(CC)(CC)CN)C1CC1. The minimum absolute atomic E-state index is 0.0291. The Morgan fingerprint density at radius 3 is 2.17 bits per heavy atom. The largest absolute Gasteiger partial charge is 0.339 e. The van der Waals surface area contributed by atoms with Crippen LogP contribution in [0.4, 0.5) is 0 Å². The molecule has 0 spiro atoms. The van der Waals surface area contributed by atoms with Gasteiger partial charge in [0.15, 0.2) is 0 Å². The van der Waals surface area contributed by atoms with E-state index in [1.165, 1.54) is 12.8 Å². The van der Waals surface area contributed by atoms with Gasteiger partial charge in [0.05, 0.1) is 6.54 Å². The summed E-state index contributed by atoms with van der Waals surface area (Å²) in [6.45, 7) is 8.28. The summed E-state index contributed by atoms with van der Waals surface area (Å²) in [5.74, 6) is 0.252. The summed E-state index contributed by atoms with van der Waals surface area (Å²) in [6, 6.07) is 0.506. The van der Waals surface area contributed by atoms with Crippen LogP contribution in [0.15, 0.2) is 0 Å². The number of carbonyl (C=O) groups excluding carboxylic acids is 1. The molecular formula is C14H29N3O. The van der Waals surface area contributed by atoms with Crippen molar-refractivity contribution in [1.29, 1.82) is 0 Å². The molecule has 2 N–H and O–H groups in total. The van der Waals surface area contributed by atoms with Crippen LogP contribution in [0.5, 0.6) is 0 Å². The van der Waals surface area contributed by atoms with Gasteiger partial charge in [-0.3, -0.25) is 9.69 Å². The monoisotopic (exact) mass is 255 g/mol. The first-order valence-electron chi connectivity index (χ1n) is 7.25. The van der Waals surface area contributed by atoms with Gasteiger partial charge in [0.2, 0.25) is 5.91 Å². The second-order valence-electron chi connectivity index (χ2n) is 5.40. The molecule has 1 fully saturated rings. The molecule has 0 unspecified atom stereocenters. The van der Waals surface area contributed by atoms with Crippen molar-refractivity contribution in [2.24, 2.45) is 5.73 Å². The smallest absolute Gasteiger partial charge is 0.236 e. The highest BCUT2D eigenvalue weighted by Gasteiger charge is 2.35. The predicted molar refractivity (Wildman–Crippen MR) is 75.4 cm³/mol. The highest BCUT2D eigenvalue weighted by Crippen LogP contribution is 2.27. The van der Waals surface area contributed by atoms with Gasteiger partial charge in [-0.25, -0.2) is 0 Å². The Balaban J connectivity index is 2.61. The van der Waals surface area contributed by atoms with Crippen LogP contribution in [0, 0.1) is 0 Å². The lowest BCUT2D eigenvalue weighted by Crippen LogP contribution is -2.54. The zero-order chi connectivity index (χ0) is 13.8. The Bertz CT molecular complexity index is 264. The van der Waals surface area contributed by atoms with Gasteiger partial charge in [-0.1, -0.05) is 13.8 Å². The van der Waals surface area contributed by atoms with Crippen molar-refractivity contribution in [3.05, 3.63) is 0 Å². The third-order valence-electron chi connectivity index (χ3n) is 4.53. The number of nitrogens with zero attached hydrogens (tertiary/aromatic N) is 2. The fourth-order valence-corrected chi connectivity index (χ4v) is 2.72. The molecule has 1 saturated carbocycles. The van der Waals surface area contributed by atoms with Crippen LogP contribution in [0.1, 0.15) is 46.5 Å². The van der Waals surface area contributed by atoms with Crippen molar-refractivity contribution in [1.82, 2.24) is 9.80 Å². The van der Waals surface area contributed by atoms with E-state index in [4.69, 9.17) is 5.73 Å². The zero-order valence-electron chi connectivity index (χ0n) is 12.4. The van der Waals surface area contributed by atoms with Crippen molar-refractivity contribution >= 4 is 5.91 Å². The molecule has 1 rings (SSSR count). The Kier molecular flexibility index (Phi) is 5.60. The molecule has 1 aliphatic carbocycles. The molecule has 4 nitrogen and oxygen atoms in total. The van der Waals surface area contributed by atoms with Gasteiger partial charge in [-0.05, 0) is 39.7 Å². The minimum atomic E-state index is -0.0291. The molecule has 0 aromatic heterocycles. The van der Waals surface area contributed by atoms with Crippen molar-refractivity contribution in [3.63, 3.8) is 0 Å². The van der Waals surface area contributed by atoms with Crippen LogP contribution in [0.3, 0.4) is 0 Å². The van der Waals surface area contributed by atoms with Crippen LogP contribution in [0.2, 0.25) is 0 Å². The molecule has 0 aromatic rings. The van der Waals surface area contributed by atoms with E-state index in [-0.39, 0.29) is 11.4 Å². The van der Waals surface area contributed by atoms with E-state index in [1.807, 2.05) is 11.9 Å². The number of nitrogens with two attached hydrogens (primary N) is 1. The number of rotatable bonds is 8. The summed E-state index contributed by atoms with van der Waals surface area (Å²) < 4.78 is 0. The molecule has 0 aliphatic heterocycles. The van der Waals surface area contributed by atoms with Crippen LogP contribution in [-0.4, -0.2) is 54.0 Å². The van der Waals surface area contributed by atoms with Gasteiger partial charge in [0, 0.05) is 24.7 Å². The zero-order valence-corrected chi connectivity index (χ0v) is 12.4. The predicted octanol–water partition coefficient (Wildman–Crippen LogP) is 1.45. The first-order valence-corrected chi connectivity index (χ1v) is 7.25. The normalized spacial score (nSPS) is 16.1. The van der Waals surface area contributed by atoms with E-state index >= 15 is 0 Å². The van der Waals surface area contributed by atoms with Gasteiger partial charge in [-0.2, -0.15) is 0 Å². The average molecular weight is 255 g/mol. The summed E-state index contributed by atoms with van der Waals surface area (Å²) in [6.07, 6.45) is 4.32. The van der Waals surface area contributed by atoms with E-state index in [9.17, 15) is 4.79 Å². The number of likely N-dealkylation sites (N-methyl/N-ethyl adjacent to an activating group) is 2. The third-order valence-corrected chi connectivity index (χ3v) is 4.53. The summed E-state index contributed by atoms with van der Waals surface area (Å²) >= 11 is 0. The van der Waals surface area contributed by atoms with Crippen molar-refractivity contribution in [2.75, 3.05) is 26.7 Å². The highest BCUT2D eigenvalue weighted by atomic mass is 16.2. The number of carbonyl (C=O) groups is 1. The van der Waals surface area contributed by atoms with E-state index in [2.05, 4.69) is 25.7 Å². The van der Waals surface area contributed by atoms with Crippen LogP contribution in [-0.2, 0) is 4.79 Å². The summed E-state index contributed by atoms with van der Waals surface area (Å²) in [5, 5.41) is 0. The third kappa shape index (κ3) is 3.23. The van der Waals surface area contributed by atoms with E-state index in [1.54, 1.807) is 0 Å². The molecule has 0 heterocycles. The highest BCUT2D eigenvalue weighted by molar-refractivity contribution is 5.79. The first kappa shape index (κ1) is 15.4. The van der Waals surface area contributed by atoms with Gasteiger partial charge in [-0.15, -0.1) is 0 Å². The summed E-state index contributed by atoms with van der Waals surface area (Å²) in [5.41, 5.74) is 5.89. The minimum Gasteiger partial charge on any atom is -0.339 e. The molecule has 4 heteroatoms. The quantitative estimate of drug-likeness (QED) is 0.714. The number of amides is 1. The Morgan fingerprint density at radius 2 is 1.83 bits per heavy atom. The fraction of sp³-hybridized carbons (Fsp3) is 0.929. The second-order valence-corrected chi connectivity index (χ2v) is 5.40. The number of hydrogen-bond donors (Lipinski definition) is 1. The topological polar surface area (TPSA) is 49.6 Å². The molecule has 18 heavy (non-hydrogen) atoms. The number of hydrogen-bond acceptors (Lipinski definition) is 3. The Morgan fingerprint density at radius 1 is 1.28 bits per heavy atom. The standard InChI is InChI=1S/C14H29N3O/c1-5-14(6-2,11-15)16(4)10-13(18)17(7-3)12-8-9-12/h12H,5-11,15H2,1-4H3. The molecule has 1 aliphatic rings. The van der Waals surface area contributed by atoms with Gasteiger partial charge < -0.3 is 10.6 Å². The maximum Gasteiger partial charge on any atom is 0.236 e. The van der Waals surface area contributed by atoms with Crippen molar-refractivity contribution < 1.29 is 4.79 Å².